The number of aromatic amines is 1. The van der Waals surface area contributed by atoms with Gasteiger partial charge in [-0.25, -0.2) is 9.18 Å². The van der Waals surface area contributed by atoms with Crippen LogP contribution in [0, 0.1) is 5.82 Å². The molecule has 6 nitrogen and oxygen atoms in total. The number of rotatable bonds is 2. The van der Waals surface area contributed by atoms with Gasteiger partial charge in [0, 0.05) is 22.7 Å². The van der Waals surface area contributed by atoms with Crippen molar-refractivity contribution in [2.45, 2.75) is 13.0 Å². The lowest BCUT2D eigenvalue weighted by molar-refractivity contribution is 0.110. The number of urea groups is 1. The van der Waals surface area contributed by atoms with Crippen LogP contribution in [-0.2, 0) is 17.8 Å². The molecule has 0 unspecified atom stereocenters. The molecule has 2 aromatic rings. The number of hydrogen-bond acceptors (Lipinski definition) is 3. The fraction of sp³-hybridized carbons (Fsp3) is 0.231. The first-order valence-corrected chi connectivity index (χ1v) is 6.68. The van der Waals surface area contributed by atoms with E-state index in [4.69, 9.17) is 16.3 Å². The number of carbonyl (C=O) groups is 1. The lowest BCUT2D eigenvalue weighted by atomic mass is 10.1. The van der Waals surface area contributed by atoms with E-state index in [2.05, 4.69) is 20.8 Å². The van der Waals surface area contributed by atoms with Gasteiger partial charge in [-0.1, -0.05) is 11.6 Å². The largest absolute Gasteiger partial charge is 0.376 e. The molecule has 0 radical (unpaired) electrons. The Kier molecular flexibility index (Phi) is 3.76. The molecule has 1 aromatic carbocycles. The predicted molar refractivity (Wildman–Crippen MR) is 76.0 cm³/mol. The predicted octanol–water partition coefficient (Wildman–Crippen LogP) is 2.92. The van der Waals surface area contributed by atoms with Crippen molar-refractivity contribution < 1.29 is 13.9 Å². The van der Waals surface area contributed by atoms with Crippen molar-refractivity contribution in [3.05, 3.63) is 40.3 Å². The monoisotopic (exact) mass is 310 g/mol. The second-order valence-corrected chi connectivity index (χ2v) is 4.97. The van der Waals surface area contributed by atoms with Gasteiger partial charge in [-0.2, -0.15) is 5.10 Å². The smallest absolute Gasteiger partial charge is 0.324 e. The van der Waals surface area contributed by atoms with Gasteiger partial charge >= 0.3 is 6.03 Å². The zero-order valence-electron chi connectivity index (χ0n) is 10.9. The first-order valence-electron chi connectivity index (χ1n) is 6.30. The maximum absolute atomic E-state index is 13.5. The number of nitrogens with zero attached hydrogens (tertiary/aromatic N) is 1. The molecule has 0 saturated heterocycles. The third-order valence-electron chi connectivity index (χ3n) is 3.10. The molecule has 1 aliphatic heterocycles. The maximum Gasteiger partial charge on any atom is 0.324 e. The van der Waals surface area contributed by atoms with Crippen LogP contribution in [0.2, 0.25) is 5.02 Å². The number of benzene rings is 1. The van der Waals surface area contributed by atoms with E-state index < -0.39 is 11.8 Å². The minimum absolute atomic E-state index is 0.000605. The molecule has 1 aromatic heterocycles. The highest BCUT2D eigenvalue weighted by Crippen LogP contribution is 2.23. The molecule has 0 saturated carbocycles. The molecule has 0 bridgehead atoms. The molecular weight excluding hydrogens is 299 g/mol. The second-order valence-electron chi connectivity index (χ2n) is 4.54. The van der Waals surface area contributed by atoms with Crippen LogP contribution in [0.4, 0.5) is 20.7 Å². The molecule has 0 aliphatic carbocycles. The molecule has 1 aliphatic rings. The van der Waals surface area contributed by atoms with E-state index in [1.54, 1.807) is 0 Å². The first kappa shape index (κ1) is 13.8. The Labute approximate surface area is 124 Å². The average molecular weight is 311 g/mol. The Morgan fingerprint density at radius 2 is 2.29 bits per heavy atom. The molecule has 3 N–H and O–H groups in total. The highest BCUT2D eigenvalue weighted by atomic mass is 35.5. The summed E-state index contributed by atoms with van der Waals surface area (Å²) in [7, 11) is 0. The van der Waals surface area contributed by atoms with Crippen molar-refractivity contribution in [1.82, 2.24) is 10.2 Å². The van der Waals surface area contributed by atoms with Crippen LogP contribution in [0.25, 0.3) is 0 Å². The van der Waals surface area contributed by atoms with E-state index in [1.165, 1.54) is 18.2 Å². The summed E-state index contributed by atoms with van der Waals surface area (Å²) in [5.41, 5.74) is 1.74. The van der Waals surface area contributed by atoms with Gasteiger partial charge in [0.2, 0.25) is 0 Å². The molecule has 21 heavy (non-hydrogen) atoms. The quantitative estimate of drug-likeness (QED) is 0.798. The Balaban J connectivity index is 1.72. The number of anilines is 2. The third kappa shape index (κ3) is 2.98. The van der Waals surface area contributed by atoms with E-state index in [0.717, 1.165) is 11.3 Å². The summed E-state index contributed by atoms with van der Waals surface area (Å²) < 4.78 is 18.9. The lowest BCUT2D eigenvalue weighted by Crippen LogP contribution is -2.21. The normalized spacial score (nSPS) is 13.6. The van der Waals surface area contributed by atoms with Gasteiger partial charge < -0.3 is 10.1 Å². The van der Waals surface area contributed by atoms with Crippen LogP contribution < -0.4 is 10.6 Å². The fourth-order valence-electron chi connectivity index (χ4n) is 2.07. The standard InChI is InChI=1S/C13H12ClFN4O2/c14-7-1-2-9(15)11(5-7)16-13(20)17-12-8-6-21-4-3-10(8)18-19-12/h1-2,5H,3-4,6H2,(H3,16,17,18,19,20). The fourth-order valence-corrected chi connectivity index (χ4v) is 2.24. The Morgan fingerprint density at radius 1 is 1.43 bits per heavy atom. The Morgan fingerprint density at radius 3 is 3.14 bits per heavy atom. The number of amides is 2. The van der Waals surface area contributed by atoms with E-state index in [1.807, 2.05) is 0 Å². The number of H-pyrrole nitrogens is 1. The zero-order valence-corrected chi connectivity index (χ0v) is 11.6. The van der Waals surface area contributed by atoms with Gasteiger partial charge in [0.1, 0.15) is 5.82 Å². The van der Waals surface area contributed by atoms with Crippen LogP contribution in [0.1, 0.15) is 11.3 Å². The summed E-state index contributed by atoms with van der Waals surface area (Å²) in [5, 5.41) is 12.2. The summed E-state index contributed by atoms with van der Waals surface area (Å²) in [6.07, 6.45) is 0.717. The molecule has 0 fully saturated rings. The van der Waals surface area contributed by atoms with Crippen molar-refractivity contribution in [2.24, 2.45) is 0 Å². The van der Waals surface area contributed by atoms with Crippen molar-refractivity contribution in [2.75, 3.05) is 17.2 Å². The Bertz CT molecular complexity index is 689. The number of halogens is 2. The van der Waals surface area contributed by atoms with Gasteiger partial charge in [-0.3, -0.25) is 10.4 Å². The maximum atomic E-state index is 13.5. The topological polar surface area (TPSA) is 79.0 Å². The molecule has 110 valence electrons. The summed E-state index contributed by atoms with van der Waals surface area (Å²) in [6, 6.07) is 3.32. The summed E-state index contributed by atoms with van der Waals surface area (Å²) in [6.45, 7) is 1.00. The first-order chi connectivity index (χ1) is 10.1. The summed E-state index contributed by atoms with van der Waals surface area (Å²) in [5.74, 6) is -0.188. The molecule has 2 heterocycles. The molecule has 0 spiro atoms. The number of carbonyl (C=O) groups excluding carboxylic acids is 1. The summed E-state index contributed by atoms with van der Waals surface area (Å²) >= 11 is 5.77. The van der Waals surface area contributed by atoms with Gasteiger partial charge in [-0.05, 0) is 18.2 Å². The van der Waals surface area contributed by atoms with Crippen LogP contribution >= 0.6 is 11.6 Å². The lowest BCUT2D eigenvalue weighted by Gasteiger charge is -2.13. The average Bonchev–Trinajstić information content (AvgIpc) is 2.86. The van der Waals surface area contributed by atoms with Crippen LogP contribution in [-0.4, -0.2) is 22.8 Å². The van der Waals surface area contributed by atoms with Crippen LogP contribution in [0.3, 0.4) is 0 Å². The van der Waals surface area contributed by atoms with Gasteiger partial charge in [0.05, 0.1) is 18.9 Å². The van der Waals surface area contributed by atoms with Gasteiger partial charge in [-0.15, -0.1) is 0 Å². The minimum Gasteiger partial charge on any atom is -0.376 e. The van der Waals surface area contributed by atoms with Crippen molar-refractivity contribution in [3.8, 4) is 0 Å². The number of aromatic nitrogens is 2. The third-order valence-corrected chi connectivity index (χ3v) is 3.34. The summed E-state index contributed by atoms with van der Waals surface area (Å²) in [4.78, 5) is 11.9. The number of ether oxygens (including phenoxy) is 1. The van der Waals surface area contributed by atoms with Crippen molar-refractivity contribution in [3.63, 3.8) is 0 Å². The second kappa shape index (κ2) is 5.71. The van der Waals surface area contributed by atoms with Gasteiger partial charge in [0.15, 0.2) is 5.82 Å². The van der Waals surface area contributed by atoms with E-state index in [0.29, 0.717) is 30.5 Å². The molecule has 8 heteroatoms. The molecule has 3 rings (SSSR count). The molecule has 0 atom stereocenters. The van der Waals surface area contributed by atoms with Crippen LogP contribution in [0.5, 0.6) is 0 Å². The zero-order chi connectivity index (χ0) is 14.8. The molecular formula is C13H12ClFN4O2. The highest BCUT2D eigenvalue weighted by Gasteiger charge is 2.19. The highest BCUT2D eigenvalue weighted by molar-refractivity contribution is 6.30. The number of fused-ring (bicyclic) bond motifs is 1. The van der Waals surface area contributed by atoms with E-state index in [9.17, 15) is 9.18 Å². The Hall–Kier alpha value is -2.12. The van der Waals surface area contributed by atoms with Crippen molar-refractivity contribution in [1.29, 1.82) is 0 Å². The van der Waals surface area contributed by atoms with E-state index >= 15 is 0 Å². The SMILES string of the molecule is O=C(Nc1cc(Cl)ccc1F)Nc1n[nH]c2c1COCC2. The minimum atomic E-state index is -0.601. The van der Waals surface area contributed by atoms with E-state index in [-0.39, 0.29) is 5.69 Å². The van der Waals surface area contributed by atoms with Crippen molar-refractivity contribution >= 4 is 29.1 Å². The van der Waals surface area contributed by atoms with Crippen LogP contribution in [0.15, 0.2) is 18.2 Å². The number of nitrogens with one attached hydrogen (secondary N) is 3. The number of hydrogen-bond donors (Lipinski definition) is 3. The van der Waals surface area contributed by atoms with Gasteiger partial charge in [0.25, 0.3) is 0 Å². The molecule has 2 amide bonds.